The second kappa shape index (κ2) is 11.1. The van der Waals surface area contributed by atoms with E-state index in [0.717, 1.165) is 41.3 Å². The fourth-order valence-corrected chi connectivity index (χ4v) is 3.14. The van der Waals surface area contributed by atoms with Crippen molar-refractivity contribution in [1.29, 1.82) is 0 Å². The highest BCUT2D eigenvalue weighted by atomic mass is 19.1. The van der Waals surface area contributed by atoms with Crippen LogP contribution in [0, 0.1) is 11.7 Å². The summed E-state index contributed by atoms with van der Waals surface area (Å²) in [5.74, 6) is -3.34. The number of carbonyl (C=O) groups excluding carboxylic acids is 1. The number of hydrogen-bond acceptors (Lipinski definition) is 3. The van der Waals surface area contributed by atoms with Crippen molar-refractivity contribution in [1.82, 2.24) is 15.1 Å². The molecule has 1 N–H and O–H groups in total. The third-order valence-electron chi connectivity index (χ3n) is 4.83. The van der Waals surface area contributed by atoms with E-state index in [9.17, 15) is 9.18 Å². The molecule has 0 unspecified atom stereocenters. The van der Waals surface area contributed by atoms with E-state index in [-0.39, 0.29) is 16.9 Å². The molecular formula is C25H34FN3O2. The van der Waals surface area contributed by atoms with Gasteiger partial charge in [0.2, 0.25) is 0 Å². The first-order valence-electron chi connectivity index (χ1n) is 15.9. The lowest BCUT2D eigenvalue weighted by molar-refractivity contribution is 0.127. The smallest absolute Gasteiger partial charge is 0.318 e. The van der Waals surface area contributed by atoms with Crippen LogP contribution in [0.1, 0.15) is 54.1 Å². The molecule has 6 heteroatoms. The second-order valence-electron chi connectivity index (χ2n) is 7.26. The summed E-state index contributed by atoms with van der Waals surface area (Å²) >= 11 is 0. The van der Waals surface area contributed by atoms with Gasteiger partial charge in [-0.25, -0.2) is 9.18 Å². The first-order valence-corrected chi connectivity index (χ1v) is 9.91. The molecule has 1 heterocycles. The molecule has 0 atom stereocenters. The fraction of sp³-hybridized carbons (Fsp3) is 0.480. The van der Waals surface area contributed by atoms with E-state index < -0.39 is 57.1 Å². The first kappa shape index (κ1) is 11.9. The van der Waals surface area contributed by atoms with Crippen LogP contribution >= 0.6 is 0 Å². The number of ether oxygens (including phenoxy) is 1. The third-order valence-corrected chi connectivity index (χ3v) is 4.83. The maximum atomic E-state index is 13.6. The highest BCUT2D eigenvalue weighted by Crippen LogP contribution is 2.19. The van der Waals surface area contributed by atoms with Crippen LogP contribution in [0.2, 0.25) is 0 Å². The van der Waals surface area contributed by atoms with Crippen LogP contribution in [0.5, 0.6) is 5.75 Å². The fourth-order valence-electron chi connectivity index (χ4n) is 3.14. The molecule has 0 bridgehead atoms. The summed E-state index contributed by atoms with van der Waals surface area (Å²) in [6.45, 7) is -13.4. The van der Waals surface area contributed by atoms with Crippen molar-refractivity contribution in [3.8, 4) is 5.75 Å². The number of likely N-dealkylation sites (tertiary alicyclic amines) is 1. The van der Waals surface area contributed by atoms with Gasteiger partial charge in [0.15, 0.2) is 0 Å². The van der Waals surface area contributed by atoms with Crippen LogP contribution in [0.25, 0.3) is 0 Å². The van der Waals surface area contributed by atoms with E-state index in [1.54, 1.807) is 0 Å². The van der Waals surface area contributed by atoms with Crippen LogP contribution < -0.4 is 10.1 Å². The second-order valence-corrected chi connectivity index (χ2v) is 7.26. The zero-order valence-electron chi connectivity index (χ0n) is 29.2. The number of piperidine rings is 1. The maximum Gasteiger partial charge on any atom is 0.318 e. The summed E-state index contributed by atoms with van der Waals surface area (Å²) in [6.07, 6.45) is 0.824. The highest BCUT2D eigenvalue weighted by Gasteiger charge is 2.27. The van der Waals surface area contributed by atoms with Crippen molar-refractivity contribution in [3.63, 3.8) is 0 Å². The average molecular weight is 440 g/mol. The van der Waals surface area contributed by atoms with Crippen molar-refractivity contribution < 1.29 is 30.4 Å². The maximum absolute atomic E-state index is 13.6. The molecule has 1 saturated heterocycles. The zero-order chi connectivity index (χ0) is 32.6. The van der Waals surface area contributed by atoms with E-state index in [1.165, 1.54) is 12.1 Å². The summed E-state index contributed by atoms with van der Waals surface area (Å²) in [6, 6.07) is 7.40. The predicted octanol–water partition coefficient (Wildman–Crippen LogP) is 4.67. The molecule has 2 aromatic rings. The van der Waals surface area contributed by atoms with Crippen LogP contribution in [-0.4, -0.2) is 48.6 Å². The molecule has 0 saturated carbocycles. The summed E-state index contributed by atoms with van der Waals surface area (Å²) in [7, 11) is 1.89. The van der Waals surface area contributed by atoms with Gasteiger partial charge >= 0.3 is 6.03 Å². The molecule has 5 nitrogen and oxygen atoms in total. The Balaban J connectivity index is 1.85. The molecule has 2 aromatic carbocycles. The molecule has 0 aromatic heterocycles. The van der Waals surface area contributed by atoms with Gasteiger partial charge in [-0.1, -0.05) is 38.0 Å². The zero-order valence-corrected chi connectivity index (χ0v) is 17.2. The molecule has 1 fully saturated rings. The number of halogens is 1. The summed E-state index contributed by atoms with van der Waals surface area (Å²) in [5.41, 5.74) is -0.130. The van der Waals surface area contributed by atoms with Crippen molar-refractivity contribution in [2.24, 2.45) is 5.92 Å². The number of urea groups is 1. The number of amides is 2. The van der Waals surface area contributed by atoms with Gasteiger partial charge in [0.1, 0.15) is 11.6 Å². The molecule has 31 heavy (non-hydrogen) atoms. The van der Waals surface area contributed by atoms with Gasteiger partial charge in [-0.3, -0.25) is 0 Å². The van der Waals surface area contributed by atoms with Crippen LogP contribution in [-0.2, 0) is 13.0 Å². The minimum Gasteiger partial charge on any atom is -0.493 e. The number of nitrogens with one attached hydrogen (secondary N) is 1. The van der Waals surface area contributed by atoms with E-state index in [1.807, 2.05) is 11.9 Å². The number of nitrogens with zero attached hydrogens (tertiary/aromatic N) is 2. The average Bonchev–Trinajstić information content (AvgIpc) is 2.83. The van der Waals surface area contributed by atoms with Gasteiger partial charge in [-0.2, -0.15) is 0 Å². The molecule has 0 aliphatic carbocycles. The molecule has 3 rings (SSSR count). The Bertz CT molecular complexity index is 1230. The van der Waals surface area contributed by atoms with Gasteiger partial charge in [0.25, 0.3) is 0 Å². The first-order chi connectivity index (χ1) is 19.6. The van der Waals surface area contributed by atoms with Crippen molar-refractivity contribution >= 4 is 6.03 Å². The standard InChI is InChI=1S/C25H34FN3O2/c1-19(2)18-31-24-10-6-20(7-11-24)16-27-25(30)29(23-12-14-28(3)15-13-23)17-21-4-8-22(26)9-5-21/h4-11,19,23H,12-18H2,1-3H3,(H,27,30)/i1D3,2D3,16D2,17D2,18D2. The van der Waals surface area contributed by atoms with Crippen LogP contribution in [0.3, 0.4) is 0 Å². The van der Waals surface area contributed by atoms with Crippen molar-refractivity contribution in [2.45, 2.75) is 45.6 Å². The minimum atomic E-state index is -3.21. The number of benzene rings is 2. The summed E-state index contributed by atoms with van der Waals surface area (Å²) < 4.78 is 114. The number of carbonyl (C=O) groups is 1. The Morgan fingerprint density at radius 2 is 1.84 bits per heavy atom. The Morgan fingerprint density at radius 3 is 2.48 bits per heavy atom. The Kier molecular flexibility index (Phi) is 4.26. The lowest BCUT2D eigenvalue weighted by Crippen LogP contribution is -2.49. The Hall–Kier alpha value is -2.60. The van der Waals surface area contributed by atoms with Gasteiger partial charge < -0.3 is 19.9 Å². The molecular weight excluding hydrogens is 393 g/mol. The monoisotopic (exact) mass is 439 g/mol. The third kappa shape index (κ3) is 7.24. The van der Waals surface area contributed by atoms with Gasteiger partial charge in [-0.05, 0) is 74.3 Å². The van der Waals surface area contributed by atoms with Gasteiger partial charge in [0, 0.05) is 27.3 Å². The normalized spacial score (nSPS) is 23.1. The van der Waals surface area contributed by atoms with Crippen molar-refractivity contribution in [3.05, 3.63) is 65.5 Å². The minimum absolute atomic E-state index is 0.00623. The molecule has 1 aliphatic heterocycles. The number of rotatable bonds is 8. The van der Waals surface area contributed by atoms with Gasteiger partial charge in [-0.15, -0.1) is 0 Å². The quantitative estimate of drug-likeness (QED) is 0.650. The SMILES string of the molecule is [2H]C([2H])(NC(=O)N(C1CCN(C)CC1)C([2H])([2H])c1ccc(F)cc1)c1ccc(OC([2H])([2H])C(C([2H])([2H])[2H])C([2H])([2H])[2H])cc1. The lowest BCUT2D eigenvalue weighted by atomic mass is 10.0. The summed E-state index contributed by atoms with van der Waals surface area (Å²) in [5, 5.41) is 2.22. The van der Waals surface area contributed by atoms with E-state index >= 15 is 0 Å². The van der Waals surface area contributed by atoms with E-state index in [0.29, 0.717) is 25.9 Å². The Morgan fingerprint density at radius 1 is 1.19 bits per heavy atom. The predicted molar refractivity (Wildman–Crippen MR) is 121 cm³/mol. The highest BCUT2D eigenvalue weighted by molar-refractivity contribution is 5.74. The number of hydrogen-bond donors (Lipinski definition) is 1. The van der Waals surface area contributed by atoms with E-state index in [4.69, 9.17) is 21.2 Å². The lowest BCUT2D eigenvalue weighted by Gasteiger charge is -2.37. The largest absolute Gasteiger partial charge is 0.493 e. The van der Waals surface area contributed by atoms with Crippen molar-refractivity contribution in [2.75, 3.05) is 26.7 Å². The molecule has 0 radical (unpaired) electrons. The molecule has 2 amide bonds. The molecule has 1 aliphatic rings. The summed E-state index contributed by atoms with van der Waals surface area (Å²) in [4.78, 5) is 16.5. The van der Waals surface area contributed by atoms with Crippen LogP contribution in [0.15, 0.2) is 48.5 Å². The van der Waals surface area contributed by atoms with E-state index in [2.05, 4.69) is 5.32 Å². The topological polar surface area (TPSA) is 44.8 Å². The van der Waals surface area contributed by atoms with Gasteiger partial charge in [0.05, 0.1) is 14.8 Å². The molecule has 168 valence electrons. The van der Waals surface area contributed by atoms with Crippen LogP contribution in [0.4, 0.5) is 9.18 Å². The Labute approximate surface area is 202 Å². The molecule has 0 spiro atoms.